The SMILES string of the molecule is O=C(N[C@H]1C[C@H](CO)C[C@H]1NC(=O)c1ccc(Cl)s1)c1ccc(N2CCCNC2=O)cc1. The number of anilines is 1. The summed E-state index contributed by atoms with van der Waals surface area (Å²) in [4.78, 5) is 39.6. The van der Waals surface area contributed by atoms with Crippen molar-refractivity contribution in [1.82, 2.24) is 16.0 Å². The van der Waals surface area contributed by atoms with Gasteiger partial charge >= 0.3 is 6.03 Å². The van der Waals surface area contributed by atoms with E-state index in [-0.39, 0.29) is 42.5 Å². The molecule has 0 radical (unpaired) electrons. The molecule has 8 nitrogen and oxygen atoms in total. The number of amides is 4. The predicted octanol–water partition coefficient (Wildman–Crippen LogP) is 2.62. The van der Waals surface area contributed by atoms with E-state index in [2.05, 4.69) is 16.0 Å². The molecule has 170 valence electrons. The highest BCUT2D eigenvalue weighted by Gasteiger charge is 2.36. The van der Waals surface area contributed by atoms with E-state index >= 15 is 0 Å². The number of urea groups is 1. The normalized spacial score (nSPS) is 23.0. The molecule has 4 N–H and O–H groups in total. The van der Waals surface area contributed by atoms with Gasteiger partial charge in [0, 0.05) is 43.0 Å². The maximum atomic E-state index is 12.9. The number of thiophene rings is 1. The van der Waals surface area contributed by atoms with E-state index in [1.165, 1.54) is 11.3 Å². The van der Waals surface area contributed by atoms with Gasteiger partial charge < -0.3 is 21.1 Å². The fourth-order valence-electron chi connectivity index (χ4n) is 4.21. The third kappa shape index (κ3) is 5.06. The van der Waals surface area contributed by atoms with Gasteiger partial charge in [0.2, 0.25) is 0 Å². The van der Waals surface area contributed by atoms with Crippen LogP contribution < -0.4 is 20.9 Å². The van der Waals surface area contributed by atoms with Gasteiger partial charge in [0.25, 0.3) is 11.8 Å². The van der Waals surface area contributed by atoms with Gasteiger partial charge in [-0.05, 0) is 61.6 Å². The van der Waals surface area contributed by atoms with E-state index in [1.54, 1.807) is 41.3 Å². The number of hydrogen-bond donors (Lipinski definition) is 4. The molecule has 2 aliphatic rings. The molecule has 1 aromatic carbocycles. The summed E-state index contributed by atoms with van der Waals surface area (Å²) in [7, 11) is 0. The number of benzene rings is 1. The van der Waals surface area contributed by atoms with Crippen LogP contribution in [0, 0.1) is 5.92 Å². The average Bonchev–Trinajstić information content (AvgIpc) is 3.40. The van der Waals surface area contributed by atoms with Gasteiger partial charge in [0.15, 0.2) is 0 Å². The fourth-order valence-corrected chi connectivity index (χ4v) is 5.15. The number of aliphatic hydroxyl groups excluding tert-OH is 1. The first-order valence-electron chi connectivity index (χ1n) is 10.6. The summed E-state index contributed by atoms with van der Waals surface area (Å²) >= 11 is 7.12. The number of hydrogen-bond acceptors (Lipinski definition) is 5. The fraction of sp³-hybridized carbons (Fsp3) is 0.409. The molecule has 4 amide bonds. The van der Waals surface area contributed by atoms with Crippen LogP contribution in [0.2, 0.25) is 4.34 Å². The molecule has 1 aliphatic heterocycles. The van der Waals surface area contributed by atoms with Gasteiger partial charge in [-0.3, -0.25) is 14.5 Å². The Morgan fingerprint density at radius 3 is 2.38 bits per heavy atom. The van der Waals surface area contributed by atoms with Crippen LogP contribution >= 0.6 is 22.9 Å². The summed E-state index contributed by atoms with van der Waals surface area (Å²) in [6.07, 6.45) is 2.02. The number of carbonyl (C=O) groups is 3. The van der Waals surface area contributed by atoms with E-state index in [4.69, 9.17) is 11.6 Å². The maximum absolute atomic E-state index is 12.9. The molecule has 32 heavy (non-hydrogen) atoms. The monoisotopic (exact) mass is 476 g/mol. The Labute approximate surface area is 194 Å². The lowest BCUT2D eigenvalue weighted by molar-refractivity contribution is 0.0894. The van der Waals surface area contributed by atoms with E-state index in [1.807, 2.05) is 0 Å². The van der Waals surface area contributed by atoms with Gasteiger partial charge in [-0.15, -0.1) is 11.3 Å². The highest BCUT2D eigenvalue weighted by molar-refractivity contribution is 7.18. The molecule has 0 spiro atoms. The summed E-state index contributed by atoms with van der Waals surface area (Å²) < 4.78 is 0.533. The molecule has 2 heterocycles. The number of nitrogens with zero attached hydrogens (tertiary/aromatic N) is 1. The lowest BCUT2D eigenvalue weighted by atomic mass is 10.1. The summed E-state index contributed by atoms with van der Waals surface area (Å²) in [5, 5.41) is 18.4. The molecule has 4 rings (SSSR count). The zero-order valence-corrected chi connectivity index (χ0v) is 18.9. The quantitative estimate of drug-likeness (QED) is 0.513. The zero-order chi connectivity index (χ0) is 22.7. The molecule has 2 fully saturated rings. The second-order valence-corrected chi connectivity index (χ2v) is 9.78. The molecule has 1 saturated heterocycles. The Morgan fingerprint density at radius 2 is 1.78 bits per heavy atom. The molecule has 10 heteroatoms. The minimum Gasteiger partial charge on any atom is -0.396 e. The van der Waals surface area contributed by atoms with Crippen molar-refractivity contribution in [2.75, 3.05) is 24.6 Å². The Hall–Kier alpha value is -2.62. The number of nitrogens with one attached hydrogen (secondary N) is 3. The first-order chi connectivity index (χ1) is 15.4. The summed E-state index contributed by atoms with van der Waals surface area (Å²) in [6.45, 7) is 1.30. The number of carbonyl (C=O) groups excluding carboxylic acids is 3. The van der Waals surface area contributed by atoms with Crippen molar-refractivity contribution in [2.24, 2.45) is 5.92 Å². The molecule has 0 bridgehead atoms. The van der Waals surface area contributed by atoms with Crippen molar-refractivity contribution in [1.29, 1.82) is 0 Å². The third-order valence-electron chi connectivity index (χ3n) is 5.87. The van der Waals surface area contributed by atoms with Gasteiger partial charge in [0.05, 0.1) is 9.21 Å². The van der Waals surface area contributed by atoms with Gasteiger partial charge in [-0.2, -0.15) is 0 Å². The van der Waals surface area contributed by atoms with E-state index < -0.39 is 0 Å². The first kappa shape index (κ1) is 22.6. The van der Waals surface area contributed by atoms with Crippen molar-refractivity contribution in [3.8, 4) is 0 Å². The standard InChI is InChI=1S/C22H25ClN4O4S/c23-19-7-6-18(32-19)21(30)26-17-11-13(12-28)10-16(17)25-20(29)14-2-4-15(5-3-14)27-9-1-8-24-22(27)31/h2-7,13,16-17,28H,1,8-12H2,(H,24,31)(H,25,29)(H,26,30)/t13-,16-,17+/m0/s1. The molecule has 1 aliphatic carbocycles. The van der Waals surface area contributed by atoms with Crippen molar-refractivity contribution >= 4 is 46.5 Å². The molecule has 3 atom stereocenters. The summed E-state index contributed by atoms with van der Waals surface area (Å²) in [5.74, 6) is -0.506. The van der Waals surface area contributed by atoms with E-state index in [0.29, 0.717) is 40.7 Å². The smallest absolute Gasteiger partial charge is 0.321 e. The minimum absolute atomic E-state index is 0.00230. The van der Waals surface area contributed by atoms with Crippen molar-refractivity contribution in [2.45, 2.75) is 31.3 Å². The predicted molar refractivity (Wildman–Crippen MR) is 123 cm³/mol. The van der Waals surface area contributed by atoms with Crippen LogP contribution in [-0.2, 0) is 0 Å². The summed E-state index contributed by atoms with van der Waals surface area (Å²) in [5.41, 5.74) is 1.20. The third-order valence-corrected chi connectivity index (χ3v) is 7.10. The number of aliphatic hydroxyl groups is 1. The number of rotatable bonds is 6. The maximum Gasteiger partial charge on any atom is 0.321 e. The highest BCUT2D eigenvalue weighted by atomic mass is 35.5. The highest BCUT2D eigenvalue weighted by Crippen LogP contribution is 2.28. The molecule has 2 aromatic rings. The van der Waals surface area contributed by atoms with Gasteiger partial charge in [0.1, 0.15) is 0 Å². The Morgan fingerprint density at radius 1 is 1.09 bits per heavy atom. The van der Waals surface area contributed by atoms with Crippen LogP contribution in [0.5, 0.6) is 0 Å². The van der Waals surface area contributed by atoms with E-state index in [9.17, 15) is 19.5 Å². The second-order valence-electron chi connectivity index (χ2n) is 8.07. The van der Waals surface area contributed by atoms with Crippen LogP contribution in [0.1, 0.15) is 39.3 Å². The Bertz CT molecular complexity index is 996. The first-order valence-corrected chi connectivity index (χ1v) is 11.8. The topological polar surface area (TPSA) is 111 Å². The van der Waals surface area contributed by atoms with Crippen LogP contribution in [0.15, 0.2) is 36.4 Å². The minimum atomic E-state index is -0.299. The summed E-state index contributed by atoms with van der Waals surface area (Å²) in [6, 6.07) is 9.49. The Balaban J connectivity index is 1.41. The lowest BCUT2D eigenvalue weighted by Gasteiger charge is -2.27. The van der Waals surface area contributed by atoms with Crippen LogP contribution in [0.25, 0.3) is 0 Å². The van der Waals surface area contributed by atoms with Crippen molar-refractivity contribution in [3.63, 3.8) is 0 Å². The van der Waals surface area contributed by atoms with Crippen molar-refractivity contribution in [3.05, 3.63) is 51.2 Å². The van der Waals surface area contributed by atoms with Crippen LogP contribution in [0.4, 0.5) is 10.5 Å². The van der Waals surface area contributed by atoms with Gasteiger partial charge in [-0.1, -0.05) is 11.6 Å². The molecular weight excluding hydrogens is 452 g/mol. The van der Waals surface area contributed by atoms with Crippen LogP contribution in [0.3, 0.4) is 0 Å². The van der Waals surface area contributed by atoms with Crippen LogP contribution in [-0.4, -0.2) is 54.7 Å². The average molecular weight is 477 g/mol. The molecule has 0 unspecified atom stereocenters. The second kappa shape index (κ2) is 9.89. The Kier molecular flexibility index (Phi) is 6.98. The van der Waals surface area contributed by atoms with Crippen molar-refractivity contribution < 1.29 is 19.5 Å². The molecule has 1 aromatic heterocycles. The van der Waals surface area contributed by atoms with E-state index in [0.717, 1.165) is 12.1 Å². The van der Waals surface area contributed by atoms with Gasteiger partial charge in [-0.25, -0.2) is 4.79 Å². The number of halogens is 1. The molecular formula is C22H25ClN4O4S. The molecule has 1 saturated carbocycles. The lowest BCUT2D eigenvalue weighted by Crippen LogP contribution is -2.48. The largest absolute Gasteiger partial charge is 0.396 e. The zero-order valence-electron chi connectivity index (χ0n) is 17.3.